The summed E-state index contributed by atoms with van der Waals surface area (Å²) in [4.78, 5) is 4.01. The van der Waals surface area contributed by atoms with Gasteiger partial charge in [-0.25, -0.2) is 0 Å². The van der Waals surface area contributed by atoms with Crippen LogP contribution in [0.1, 0.15) is 18.5 Å². The molecule has 0 aliphatic carbocycles. The van der Waals surface area contributed by atoms with Gasteiger partial charge in [-0.15, -0.1) is 0 Å². The number of nitrogens with zero attached hydrogens (tertiary/aromatic N) is 1. The Balaban J connectivity index is 2.17. The van der Waals surface area contributed by atoms with E-state index < -0.39 is 0 Å². The molecule has 1 atom stereocenters. The van der Waals surface area contributed by atoms with Crippen molar-refractivity contribution in [2.24, 2.45) is 0 Å². The molecule has 0 saturated heterocycles. The lowest BCUT2D eigenvalue weighted by molar-refractivity contribution is 0.448. The predicted molar refractivity (Wildman–Crippen MR) is 66.0 cm³/mol. The minimum absolute atomic E-state index is 0.0304. The number of phenolic OH excluding ortho intramolecular Hbond substituents is 2. The number of hydrogen-bond acceptors (Lipinski definition) is 4. The lowest BCUT2D eigenvalue weighted by Crippen LogP contribution is -2.06. The van der Waals surface area contributed by atoms with Crippen molar-refractivity contribution in [2.75, 3.05) is 5.32 Å². The fraction of sp³-hybridized carbons (Fsp3) is 0.154. The minimum Gasteiger partial charge on any atom is -0.508 e. The topological polar surface area (TPSA) is 65.4 Å². The maximum atomic E-state index is 9.41. The highest BCUT2D eigenvalue weighted by Crippen LogP contribution is 2.26. The lowest BCUT2D eigenvalue weighted by atomic mass is 10.1. The monoisotopic (exact) mass is 230 g/mol. The molecule has 1 heterocycles. The molecule has 17 heavy (non-hydrogen) atoms. The van der Waals surface area contributed by atoms with Crippen molar-refractivity contribution in [2.45, 2.75) is 13.0 Å². The standard InChI is InChI=1S/C13H14N2O2/c1-9(15-11-3-2-4-14-8-11)10-5-12(16)7-13(17)6-10/h2-9,15-17H,1H3. The van der Waals surface area contributed by atoms with E-state index in [1.54, 1.807) is 24.5 Å². The summed E-state index contributed by atoms with van der Waals surface area (Å²) >= 11 is 0. The van der Waals surface area contributed by atoms with Gasteiger partial charge in [-0.1, -0.05) is 0 Å². The summed E-state index contributed by atoms with van der Waals surface area (Å²) in [6.07, 6.45) is 3.43. The third-order valence-corrected chi connectivity index (χ3v) is 2.47. The van der Waals surface area contributed by atoms with Gasteiger partial charge in [0.25, 0.3) is 0 Å². The molecule has 0 fully saturated rings. The van der Waals surface area contributed by atoms with Crippen LogP contribution in [-0.2, 0) is 0 Å². The van der Waals surface area contributed by atoms with Gasteiger partial charge in [-0.2, -0.15) is 0 Å². The average molecular weight is 230 g/mol. The molecular weight excluding hydrogens is 216 g/mol. The molecule has 1 aromatic carbocycles. The summed E-state index contributed by atoms with van der Waals surface area (Å²) in [5, 5.41) is 22.0. The average Bonchev–Trinajstić information content (AvgIpc) is 2.29. The van der Waals surface area contributed by atoms with Gasteiger partial charge in [0.1, 0.15) is 11.5 Å². The summed E-state index contributed by atoms with van der Waals surface area (Å²) in [7, 11) is 0. The van der Waals surface area contributed by atoms with Gasteiger partial charge >= 0.3 is 0 Å². The van der Waals surface area contributed by atoms with Crippen molar-refractivity contribution in [3.63, 3.8) is 0 Å². The Morgan fingerprint density at radius 1 is 1.18 bits per heavy atom. The molecule has 0 radical (unpaired) electrons. The van der Waals surface area contributed by atoms with Gasteiger partial charge in [0.2, 0.25) is 0 Å². The molecule has 1 aromatic heterocycles. The van der Waals surface area contributed by atoms with E-state index in [9.17, 15) is 10.2 Å². The van der Waals surface area contributed by atoms with Crippen LogP contribution in [0, 0.1) is 0 Å². The number of nitrogens with one attached hydrogen (secondary N) is 1. The summed E-state index contributed by atoms with van der Waals surface area (Å²) < 4.78 is 0. The maximum Gasteiger partial charge on any atom is 0.119 e. The molecule has 0 amide bonds. The Kier molecular flexibility index (Phi) is 3.14. The molecule has 3 N–H and O–H groups in total. The molecule has 0 bridgehead atoms. The van der Waals surface area contributed by atoms with Crippen LogP contribution in [0.2, 0.25) is 0 Å². The molecule has 0 aliphatic heterocycles. The van der Waals surface area contributed by atoms with Crippen LogP contribution in [-0.4, -0.2) is 15.2 Å². The highest BCUT2D eigenvalue weighted by atomic mass is 16.3. The number of aromatic nitrogens is 1. The van der Waals surface area contributed by atoms with E-state index in [0.717, 1.165) is 11.3 Å². The Labute approximate surface area is 99.6 Å². The number of anilines is 1. The van der Waals surface area contributed by atoms with Gasteiger partial charge in [0.05, 0.1) is 5.69 Å². The largest absolute Gasteiger partial charge is 0.508 e. The first kappa shape index (κ1) is 11.3. The predicted octanol–water partition coefficient (Wildman–Crippen LogP) is 2.67. The maximum absolute atomic E-state index is 9.41. The lowest BCUT2D eigenvalue weighted by Gasteiger charge is -2.15. The number of hydrogen-bond donors (Lipinski definition) is 3. The molecule has 2 aromatic rings. The number of aromatic hydroxyl groups is 2. The van der Waals surface area contributed by atoms with E-state index in [1.807, 2.05) is 19.1 Å². The molecule has 4 nitrogen and oxygen atoms in total. The van der Waals surface area contributed by atoms with Crippen LogP contribution in [0.5, 0.6) is 11.5 Å². The first-order chi connectivity index (χ1) is 8.15. The van der Waals surface area contributed by atoms with Crippen molar-refractivity contribution in [1.82, 2.24) is 4.98 Å². The van der Waals surface area contributed by atoms with Crippen molar-refractivity contribution in [3.8, 4) is 11.5 Å². The summed E-state index contributed by atoms with van der Waals surface area (Å²) in [5.74, 6) is 0.111. The first-order valence-corrected chi connectivity index (χ1v) is 5.34. The number of phenols is 2. The Morgan fingerprint density at radius 3 is 2.47 bits per heavy atom. The smallest absolute Gasteiger partial charge is 0.119 e. The Morgan fingerprint density at radius 2 is 1.88 bits per heavy atom. The van der Waals surface area contributed by atoms with Gasteiger partial charge in [-0.3, -0.25) is 4.98 Å². The van der Waals surface area contributed by atoms with E-state index >= 15 is 0 Å². The van der Waals surface area contributed by atoms with E-state index in [2.05, 4.69) is 10.3 Å². The van der Waals surface area contributed by atoms with Crippen LogP contribution in [0.15, 0.2) is 42.7 Å². The SMILES string of the molecule is CC(Nc1cccnc1)c1cc(O)cc(O)c1. The first-order valence-electron chi connectivity index (χ1n) is 5.34. The zero-order valence-corrected chi connectivity index (χ0v) is 9.46. The summed E-state index contributed by atoms with van der Waals surface area (Å²) in [6, 6.07) is 8.26. The third-order valence-electron chi connectivity index (χ3n) is 2.47. The molecule has 0 saturated carbocycles. The van der Waals surface area contributed by atoms with E-state index in [0.29, 0.717) is 0 Å². The van der Waals surface area contributed by atoms with E-state index in [1.165, 1.54) is 6.07 Å². The van der Waals surface area contributed by atoms with Crippen LogP contribution in [0.3, 0.4) is 0 Å². The zero-order valence-electron chi connectivity index (χ0n) is 9.46. The number of benzene rings is 1. The molecule has 88 valence electrons. The quantitative estimate of drug-likeness (QED) is 0.758. The van der Waals surface area contributed by atoms with Crippen LogP contribution in [0.4, 0.5) is 5.69 Å². The van der Waals surface area contributed by atoms with Crippen molar-refractivity contribution < 1.29 is 10.2 Å². The minimum atomic E-state index is -0.0304. The van der Waals surface area contributed by atoms with Crippen LogP contribution < -0.4 is 5.32 Å². The van der Waals surface area contributed by atoms with E-state index in [4.69, 9.17) is 0 Å². The van der Waals surface area contributed by atoms with Crippen LogP contribution in [0.25, 0.3) is 0 Å². The molecule has 4 heteroatoms. The van der Waals surface area contributed by atoms with Crippen molar-refractivity contribution >= 4 is 5.69 Å². The molecule has 1 unspecified atom stereocenters. The molecular formula is C13H14N2O2. The fourth-order valence-corrected chi connectivity index (χ4v) is 1.65. The third kappa shape index (κ3) is 2.87. The van der Waals surface area contributed by atoms with E-state index in [-0.39, 0.29) is 17.5 Å². The molecule has 2 rings (SSSR count). The van der Waals surface area contributed by atoms with Gasteiger partial charge in [0.15, 0.2) is 0 Å². The highest BCUT2D eigenvalue weighted by Gasteiger charge is 2.07. The normalized spacial score (nSPS) is 12.1. The Hall–Kier alpha value is -2.23. The fourth-order valence-electron chi connectivity index (χ4n) is 1.65. The van der Waals surface area contributed by atoms with Gasteiger partial charge in [0, 0.05) is 24.5 Å². The highest BCUT2D eigenvalue weighted by molar-refractivity contribution is 5.45. The van der Waals surface area contributed by atoms with Crippen molar-refractivity contribution in [3.05, 3.63) is 48.3 Å². The van der Waals surface area contributed by atoms with Gasteiger partial charge in [-0.05, 0) is 36.8 Å². The number of pyridine rings is 1. The van der Waals surface area contributed by atoms with Crippen LogP contribution >= 0.6 is 0 Å². The second kappa shape index (κ2) is 4.74. The van der Waals surface area contributed by atoms with Crippen molar-refractivity contribution in [1.29, 1.82) is 0 Å². The number of rotatable bonds is 3. The van der Waals surface area contributed by atoms with Gasteiger partial charge < -0.3 is 15.5 Å². The summed E-state index contributed by atoms with van der Waals surface area (Å²) in [5.41, 5.74) is 1.70. The summed E-state index contributed by atoms with van der Waals surface area (Å²) in [6.45, 7) is 1.95. The molecule has 0 spiro atoms. The second-order valence-electron chi connectivity index (χ2n) is 3.89. The zero-order chi connectivity index (χ0) is 12.3. The molecule has 0 aliphatic rings. The Bertz CT molecular complexity index is 480. The second-order valence-corrected chi connectivity index (χ2v) is 3.89.